The second-order valence-corrected chi connectivity index (χ2v) is 6.48. The van der Waals surface area contributed by atoms with Gasteiger partial charge in [0.15, 0.2) is 0 Å². The molecule has 1 atom stereocenters. The number of halogens is 3. The predicted molar refractivity (Wildman–Crippen MR) is 83.8 cm³/mol. The fourth-order valence-corrected chi connectivity index (χ4v) is 3.04. The highest BCUT2D eigenvalue weighted by Gasteiger charge is 2.41. The first-order valence-electron chi connectivity index (χ1n) is 8.46. The molecule has 1 unspecified atom stereocenters. The molecule has 1 rings (SSSR count). The molecular weight excluding hydrogens is 289 g/mol. The van der Waals surface area contributed by atoms with E-state index in [0.717, 1.165) is 44.9 Å². The van der Waals surface area contributed by atoms with Crippen molar-refractivity contribution in [2.45, 2.75) is 90.1 Å². The van der Waals surface area contributed by atoms with Crippen LogP contribution < -0.4 is 0 Å². The molecule has 0 aliphatic carbocycles. The van der Waals surface area contributed by atoms with Crippen LogP contribution in [0.2, 0.25) is 0 Å². The summed E-state index contributed by atoms with van der Waals surface area (Å²) >= 11 is 0. The van der Waals surface area contributed by atoms with Gasteiger partial charge in [0.05, 0.1) is 6.20 Å². The van der Waals surface area contributed by atoms with Gasteiger partial charge < -0.3 is 0 Å². The first-order chi connectivity index (χ1) is 10.3. The van der Waals surface area contributed by atoms with Gasteiger partial charge in [-0.1, -0.05) is 65.7 Å². The van der Waals surface area contributed by atoms with E-state index in [1.165, 1.54) is 19.0 Å². The molecule has 22 heavy (non-hydrogen) atoms. The lowest BCUT2D eigenvalue weighted by molar-refractivity contribution is -0.142. The van der Waals surface area contributed by atoms with Gasteiger partial charge in [0.1, 0.15) is 5.69 Å². The Balaban J connectivity index is 2.84. The normalized spacial score (nSPS) is 15.0. The molecule has 2 nitrogen and oxygen atoms in total. The van der Waals surface area contributed by atoms with Crippen LogP contribution in [0.4, 0.5) is 13.2 Å². The zero-order valence-corrected chi connectivity index (χ0v) is 14.0. The minimum absolute atomic E-state index is 0.337. The fraction of sp³-hybridized carbons (Fsp3) is 0.824. The molecule has 0 amide bonds. The topological polar surface area (TPSA) is 28.7 Å². The average molecular weight is 318 g/mol. The second-order valence-electron chi connectivity index (χ2n) is 6.48. The van der Waals surface area contributed by atoms with Crippen LogP contribution in [0.3, 0.4) is 0 Å². The van der Waals surface area contributed by atoms with Crippen molar-refractivity contribution in [3.8, 4) is 0 Å². The maximum Gasteiger partial charge on any atom is 0.433 e. The SMILES string of the molecule is CCCCCCCC(C)(CCCC)c1cn[nH]c1C(F)(F)F. The highest BCUT2D eigenvalue weighted by molar-refractivity contribution is 5.28. The summed E-state index contributed by atoms with van der Waals surface area (Å²) in [7, 11) is 0. The van der Waals surface area contributed by atoms with Gasteiger partial charge >= 0.3 is 6.18 Å². The van der Waals surface area contributed by atoms with E-state index >= 15 is 0 Å². The Bertz CT molecular complexity index is 426. The molecule has 1 N–H and O–H groups in total. The summed E-state index contributed by atoms with van der Waals surface area (Å²) in [5.74, 6) is 0. The molecule has 0 aliphatic rings. The molecule has 0 saturated heterocycles. The van der Waals surface area contributed by atoms with E-state index in [9.17, 15) is 13.2 Å². The molecule has 0 aromatic carbocycles. The maximum atomic E-state index is 13.2. The molecule has 1 aromatic heterocycles. The minimum atomic E-state index is -4.36. The smallest absolute Gasteiger partial charge is 0.273 e. The third kappa shape index (κ3) is 5.33. The number of nitrogens with zero attached hydrogens (tertiary/aromatic N) is 1. The Labute approximate surface area is 131 Å². The molecule has 5 heteroatoms. The maximum absolute atomic E-state index is 13.2. The summed E-state index contributed by atoms with van der Waals surface area (Å²) in [6.07, 6.45) is 6.12. The van der Waals surface area contributed by atoms with Gasteiger partial charge in [-0.15, -0.1) is 0 Å². The molecule has 1 aromatic rings. The largest absolute Gasteiger partial charge is 0.433 e. The summed E-state index contributed by atoms with van der Waals surface area (Å²) in [6, 6.07) is 0. The third-order valence-corrected chi connectivity index (χ3v) is 4.49. The summed E-state index contributed by atoms with van der Waals surface area (Å²) in [5.41, 5.74) is -0.774. The Kier molecular flexibility index (Phi) is 7.43. The van der Waals surface area contributed by atoms with E-state index in [1.807, 2.05) is 6.92 Å². The number of aromatic nitrogens is 2. The first-order valence-corrected chi connectivity index (χ1v) is 8.46. The van der Waals surface area contributed by atoms with Crippen LogP contribution >= 0.6 is 0 Å². The van der Waals surface area contributed by atoms with E-state index in [1.54, 1.807) is 0 Å². The summed E-state index contributed by atoms with van der Waals surface area (Å²) in [6.45, 7) is 6.19. The molecule has 0 spiro atoms. The van der Waals surface area contributed by atoms with Gasteiger partial charge in [0.2, 0.25) is 0 Å². The highest BCUT2D eigenvalue weighted by Crippen LogP contribution is 2.41. The van der Waals surface area contributed by atoms with Gasteiger partial charge in [0, 0.05) is 5.56 Å². The minimum Gasteiger partial charge on any atom is -0.273 e. The third-order valence-electron chi connectivity index (χ3n) is 4.49. The molecule has 0 bridgehead atoms. The first kappa shape index (κ1) is 19.0. The van der Waals surface area contributed by atoms with E-state index in [4.69, 9.17) is 0 Å². The molecule has 0 radical (unpaired) electrons. The monoisotopic (exact) mass is 318 g/mol. The lowest BCUT2D eigenvalue weighted by atomic mass is 9.74. The molecule has 0 saturated carbocycles. The van der Waals surface area contributed by atoms with Crippen molar-refractivity contribution in [3.05, 3.63) is 17.5 Å². The fourth-order valence-electron chi connectivity index (χ4n) is 3.04. The van der Waals surface area contributed by atoms with Crippen LogP contribution in [0.5, 0.6) is 0 Å². The van der Waals surface area contributed by atoms with Crippen LogP contribution in [0.15, 0.2) is 6.20 Å². The standard InChI is InChI=1S/C17H29F3N2/c1-4-6-8-9-10-12-16(3,11-7-5-2)14-13-21-22-15(14)17(18,19)20/h13H,4-12H2,1-3H3,(H,21,22). The van der Waals surface area contributed by atoms with E-state index < -0.39 is 17.3 Å². The van der Waals surface area contributed by atoms with Crippen molar-refractivity contribution in [2.75, 3.05) is 0 Å². The average Bonchev–Trinajstić information content (AvgIpc) is 2.95. The van der Waals surface area contributed by atoms with Gasteiger partial charge in [0.25, 0.3) is 0 Å². The number of rotatable bonds is 10. The Hall–Kier alpha value is -1.00. The molecule has 1 heterocycles. The van der Waals surface area contributed by atoms with Crippen molar-refractivity contribution >= 4 is 0 Å². The van der Waals surface area contributed by atoms with E-state index in [0.29, 0.717) is 5.56 Å². The van der Waals surface area contributed by atoms with Crippen LogP contribution in [-0.2, 0) is 11.6 Å². The van der Waals surface area contributed by atoms with Crippen molar-refractivity contribution < 1.29 is 13.2 Å². The van der Waals surface area contributed by atoms with Crippen molar-refractivity contribution in [1.82, 2.24) is 10.2 Å². The van der Waals surface area contributed by atoms with Crippen molar-refractivity contribution in [3.63, 3.8) is 0 Å². The number of hydrogen-bond acceptors (Lipinski definition) is 1. The number of nitrogens with one attached hydrogen (secondary N) is 1. The predicted octanol–water partition coefficient (Wildman–Crippen LogP) is 6.24. The number of hydrogen-bond donors (Lipinski definition) is 1. The molecule has 0 aliphatic heterocycles. The van der Waals surface area contributed by atoms with Crippen LogP contribution in [-0.4, -0.2) is 10.2 Å². The molecular formula is C17H29F3N2. The molecule has 128 valence electrons. The number of H-pyrrole nitrogens is 1. The van der Waals surface area contributed by atoms with E-state index in [-0.39, 0.29) is 0 Å². The number of aromatic amines is 1. The van der Waals surface area contributed by atoms with Gasteiger partial charge in [-0.3, -0.25) is 5.10 Å². The van der Waals surface area contributed by atoms with Gasteiger partial charge in [-0.2, -0.15) is 18.3 Å². The summed E-state index contributed by atoms with van der Waals surface area (Å²) in [5, 5.41) is 5.84. The Morgan fingerprint density at radius 2 is 1.55 bits per heavy atom. The lowest BCUT2D eigenvalue weighted by Gasteiger charge is -2.30. The van der Waals surface area contributed by atoms with Crippen LogP contribution in [0.1, 0.15) is 89.8 Å². The number of unbranched alkanes of at least 4 members (excludes halogenated alkanes) is 5. The van der Waals surface area contributed by atoms with Crippen LogP contribution in [0.25, 0.3) is 0 Å². The van der Waals surface area contributed by atoms with Crippen LogP contribution in [0, 0.1) is 0 Å². The number of alkyl halides is 3. The zero-order chi connectivity index (χ0) is 16.6. The van der Waals surface area contributed by atoms with E-state index in [2.05, 4.69) is 24.0 Å². The molecule has 0 fully saturated rings. The lowest BCUT2D eigenvalue weighted by Crippen LogP contribution is -2.25. The van der Waals surface area contributed by atoms with Gasteiger partial charge in [-0.25, -0.2) is 0 Å². The van der Waals surface area contributed by atoms with Crippen molar-refractivity contribution in [2.24, 2.45) is 0 Å². The zero-order valence-electron chi connectivity index (χ0n) is 14.0. The quantitative estimate of drug-likeness (QED) is 0.508. The van der Waals surface area contributed by atoms with Gasteiger partial charge in [-0.05, 0) is 18.3 Å². The Morgan fingerprint density at radius 1 is 0.955 bits per heavy atom. The highest BCUT2D eigenvalue weighted by atomic mass is 19.4. The summed E-state index contributed by atoms with van der Waals surface area (Å²) in [4.78, 5) is 0. The Morgan fingerprint density at radius 3 is 2.14 bits per heavy atom. The second kappa shape index (κ2) is 8.59. The summed E-state index contributed by atoms with van der Waals surface area (Å²) < 4.78 is 39.5. The van der Waals surface area contributed by atoms with Crippen molar-refractivity contribution in [1.29, 1.82) is 0 Å².